The number of hydrogen-bond donors (Lipinski definition) is 2. The van der Waals surface area contributed by atoms with Gasteiger partial charge in [0.15, 0.2) is 11.5 Å². The lowest BCUT2D eigenvalue weighted by molar-refractivity contribution is 0.372. The normalized spacial score (nSPS) is 10.5. The molecule has 0 bridgehead atoms. The molecule has 3 nitrogen and oxygen atoms in total. The van der Waals surface area contributed by atoms with Crippen molar-refractivity contribution < 1.29 is 9.84 Å². The van der Waals surface area contributed by atoms with E-state index in [9.17, 15) is 5.11 Å². The molecule has 3 heteroatoms. The number of hydrogen-bond acceptors (Lipinski definition) is 3. The molecular weight excluding hydrogens is 214 g/mol. The second-order valence-corrected chi connectivity index (χ2v) is 4.24. The van der Waals surface area contributed by atoms with E-state index >= 15 is 0 Å². The van der Waals surface area contributed by atoms with Gasteiger partial charge in [-0.2, -0.15) is 0 Å². The maximum absolute atomic E-state index is 9.46. The number of ether oxygens (including phenoxy) is 1. The zero-order chi connectivity index (χ0) is 12.5. The summed E-state index contributed by atoms with van der Waals surface area (Å²) in [5.74, 6) is 0.731. The van der Waals surface area contributed by atoms with Crippen molar-refractivity contribution in [3.63, 3.8) is 0 Å². The third-order valence-corrected chi connectivity index (χ3v) is 2.78. The van der Waals surface area contributed by atoms with E-state index in [1.165, 1.54) is 25.7 Å². The molecule has 0 unspecified atom stereocenters. The van der Waals surface area contributed by atoms with E-state index in [0.29, 0.717) is 5.75 Å². The predicted molar refractivity (Wildman–Crippen MR) is 70.5 cm³/mol. The molecule has 17 heavy (non-hydrogen) atoms. The van der Waals surface area contributed by atoms with Gasteiger partial charge in [0.25, 0.3) is 0 Å². The molecule has 0 saturated carbocycles. The van der Waals surface area contributed by atoms with Gasteiger partial charge < -0.3 is 15.2 Å². The molecular formula is C14H23NO2. The molecule has 0 spiro atoms. The SMILES string of the molecule is CCCCCCNCc1ccc(O)c(OC)c1. The second-order valence-electron chi connectivity index (χ2n) is 4.24. The quantitative estimate of drug-likeness (QED) is 0.683. The molecule has 0 radical (unpaired) electrons. The van der Waals surface area contributed by atoms with E-state index in [2.05, 4.69) is 12.2 Å². The first-order valence-corrected chi connectivity index (χ1v) is 6.34. The first-order valence-electron chi connectivity index (χ1n) is 6.34. The van der Waals surface area contributed by atoms with E-state index in [1.807, 2.05) is 12.1 Å². The average molecular weight is 237 g/mol. The van der Waals surface area contributed by atoms with Crippen molar-refractivity contribution in [2.45, 2.75) is 39.2 Å². The monoisotopic (exact) mass is 237 g/mol. The van der Waals surface area contributed by atoms with E-state index in [4.69, 9.17) is 4.74 Å². The third kappa shape index (κ3) is 5.09. The molecule has 0 atom stereocenters. The lowest BCUT2D eigenvalue weighted by Gasteiger charge is -2.08. The van der Waals surface area contributed by atoms with Crippen LogP contribution in [0, 0.1) is 0 Å². The molecule has 1 aromatic rings. The third-order valence-electron chi connectivity index (χ3n) is 2.78. The lowest BCUT2D eigenvalue weighted by atomic mass is 10.2. The molecule has 96 valence electrons. The molecule has 2 N–H and O–H groups in total. The van der Waals surface area contributed by atoms with Crippen LogP contribution in [0.5, 0.6) is 11.5 Å². The number of phenolic OH excluding ortho intramolecular Hbond substituents is 1. The molecule has 1 aromatic carbocycles. The van der Waals surface area contributed by atoms with Crippen molar-refractivity contribution >= 4 is 0 Å². The number of unbranched alkanes of at least 4 members (excludes halogenated alkanes) is 3. The largest absolute Gasteiger partial charge is 0.504 e. The lowest BCUT2D eigenvalue weighted by Crippen LogP contribution is -2.14. The van der Waals surface area contributed by atoms with Crippen LogP contribution in [0.2, 0.25) is 0 Å². The maximum Gasteiger partial charge on any atom is 0.160 e. The first-order chi connectivity index (χ1) is 8.27. The topological polar surface area (TPSA) is 41.5 Å². The summed E-state index contributed by atoms with van der Waals surface area (Å²) in [5.41, 5.74) is 1.13. The van der Waals surface area contributed by atoms with Crippen LogP contribution in [0.25, 0.3) is 0 Å². The molecule has 0 aliphatic heterocycles. The fourth-order valence-electron chi connectivity index (χ4n) is 1.74. The summed E-state index contributed by atoms with van der Waals surface area (Å²) in [6, 6.07) is 5.46. The standard InChI is InChI=1S/C14H23NO2/c1-3-4-5-6-9-15-11-12-7-8-13(16)14(10-12)17-2/h7-8,10,15-16H,3-6,9,11H2,1-2H3. The summed E-state index contributed by atoms with van der Waals surface area (Å²) in [7, 11) is 1.57. The van der Waals surface area contributed by atoms with Crippen LogP contribution in [-0.2, 0) is 6.54 Å². The maximum atomic E-state index is 9.46. The van der Waals surface area contributed by atoms with Gasteiger partial charge in [0, 0.05) is 6.54 Å². The van der Waals surface area contributed by atoms with Gasteiger partial charge in [-0.3, -0.25) is 0 Å². The summed E-state index contributed by atoms with van der Waals surface area (Å²) in [6.07, 6.45) is 5.11. The minimum absolute atomic E-state index is 0.194. The molecule has 0 aliphatic rings. The Kier molecular flexibility index (Phi) is 6.48. The number of phenols is 1. The molecule has 0 aliphatic carbocycles. The smallest absolute Gasteiger partial charge is 0.160 e. The summed E-state index contributed by atoms with van der Waals surface area (Å²) >= 11 is 0. The number of nitrogens with one attached hydrogen (secondary N) is 1. The van der Waals surface area contributed by atoms with Crippen molar-refractivity contribution in [1.29, 1.82) is 0 Å². The van der Waals surface area contributed by atoms with Crippen LogP contribution < -0.4 is 10.1 Å². The summed E-state index contributed by atoms with van der Waals surface area (Å²) < 4.78 is 5.07. The van der Waals surface area contributed by atoms with Crippen molar-refractivity contribution in [1.82, 2.24) is 5.32 Å². The van der Waals surface area contributed by atoms with Crippen molar-refractivity contribution in [3.05, 3.63) is 23.8 Å². The highest BCUT2D eigenvalue weighted by Crippen LogP contribution is 2.26. The average Bonchev–Trinajstić information content (AvgIpc) is 2.35. The van der Waals surface area contributed by atoms with E-state index in [-0.39, 0.29) is 5.75 Å². The summed E-state index contributed by atoms with van der Waals surface area (Å²) in [6.45, 7) is 4.09. The van der Waals surface area contributed by atoms with Gasteiger partial charge in [-0.05, 0) is 30.7 Å². The Balaban J connectivity index is 2.27. The Morgan fingerprint density at radius 2 is 2.06 bits per heavy atom. The molecule has 1 rings (SSSR count). The highest BCUT2D eigenvalue weighted by molar-refractivity contribution is 5.41. The van der Waals surface area contributed by atoms with Crippen molar-refractivity contribution in [2.24, 2.45) is 0 Å². The summed E-state index contributed by atoms with van der Waals surface area (Å²) in [4.78, 5) is 0. The van der Waals surface area contributed by atoms with Gasteiger partial charge >= 0.3 is 0 Å². The second kappa shape index (κ2) is 7.96. The number of aromatic hydroxyl groups is 1. The van der Waals surface area contributed by atoms with E-state index in [1.54, 1.807) is 13.2 Å². The Morgan fingerprint density at radius 3 is 2.76 bits per heavy atom. The fourth-order valence-corrected chi connectivity index (χ4v) is 1.74. The zero-order valence-corrected chi connectivity index (χ0v) is 10.8. The number of methoxy groups -OCH3 is 1. The summed E-state index contributed by atoms with van der Waals surface area (Å²) in [5, 5.41) is 12.9. The molecule has 0 amide bonds. The van der Waals surface area contributed by atoms with Crippen LogP contribution in [-0.4, -0.2) is 18.8 Å². The Hall–Kier alpha value is -1.22. The molecule has 0 saturated heterocycles. The molecule has 0 aromatic heterocycles. The van der Waals surface area contributed by atoms with Crippen LogP contribution in [0.15, 0.2) is 18.2 Å². The zero-order valence-electron chi connectivity index (χ0n) is 10.8. The molecule has 0 fully saturated rings. The van der Waals surface area contributed by atoms with Crippen molar-refractivity contribution in [3.8, 4) is 11.5 Å². The van der Waals surface area contributed by atoms with Gasteiger partial charge in [0.1, 0.15) is 0 Å². The Bertz CT molecular complexity index is 326. The van der Waals surface area contributed by atoms with Gasteiger partial charge in [-0.25, -0.2) is 0 Å². The Labute approximate surface area is 104 Å². The van der Waals surface area contributed by atoms with Crippen molar-refractivity contribution in [2.75, 3.05) is 13.7 Å². The van der Waals surface area contributed by atoms with Gasteiger partial charge in [0.2, 0.25) is 0 Å². The predicted octanol–water partition coefficient (Wildman–Crippen LogP) is 3.07. The van der Waals surface area contributed by atoms with Crippen LogP contribution in [0.4, 0.5) is 0 Å². The van der Waals surface area contributed by atoms with E-state index in [0.717, 1.165) is 18.7 Å². The number of benzene rings is 1. The van der Waals surface area contributed by atoms with Crippen LogP contribution in [0.1, 0.15) is 38.2 Å². The minimum atomic E-state index is 0.194. The molecule has 0 heterocycles. The van der Waals surface area contributed by atoms with Crippen LogP contribution in [0.3, 0.4) is 0 Å². The highest BCUT2D eigenvalue weighted by Gasteiger charge is 2.01. The van der Waals surface area contributed by atoms with Gasteiger partial charge in [-0.1, -0.05) is 32.3 Å². The van der Waals surface area contributed by atoms with Crippen LogP contribution >= 0.6 is 0 Å². The first kappa shape index (κ1) is 13.8. The highest BCUT2D eigenvalue weighted by atomic mass is 16.5. The number of rotatable bonds is 8. The van der Waals surface area contributed by atoms with E-state index < -0.39 is 0 Å². The minimum Gasteiger partial charge on any atom is -0.504 e. The Morgan fingerprint density at radius 1 is 1.24 bits per heavy atom. The van der Waals surface area contributed by atoms with Gasteiger partial charge in [-0.15, -0.1) is 0 Å². The fraction of sp³-hybridized carbons (Fsp3) is 0.571. The van der Waals surface area contributed by atoms with Gasteiger partial charge in [0.05, 0.1) is 7.11 Å².